The van der Waals surface area contributed by atoms with Gasteiger partial charge >= 0.3 is 5.97 Å². The fourth-order valence-corrected chi connectivity index (χ4v) is 1.88. The fourth-order valence-electron chi connectivity index (χ4n) is 1.88. The standard InChI is InChI=1S/C11H20N2O3/c1-12(2)5-3-4-6-13-8-9(11(15)16)7-10(13)14/h9H,3-8H2,1-2H3,(H,15,16). The van der Waals surface area contributed by atoms with E-state index in [1.807, 2.05) is 14.1 Å². The Hall–Kier alpha value is -1.10. The summed E-state index contributed by atoms with van der Waals surface area (Å²) in [5.41, 5.74) is 0. The molecule has 5 heteroatoms. The number of carbonyl (C=O) groups is 2. The Morgan fingerprint density at radius 1 is 1.50 bits per heavy atom. The zero-order valence-electron chi connectivity index (χ0n) is 9.98. The molecule has 0 bridgehead atoms. The van der Waals surface area contributed by atoms with Crippen molar-refractivity contribution in [1.29, 1.82) is 0 Å². The SMILES string of the molecule is CN(C)CCCCN1CC(C(=O)O)CC1=O. The first-order valence-corrected chi connectivity index (χ1v) is 5.66. The Labute approximate surface area is 96.0 Å². The molecule has 0 spiro atoms. The van der Waals surface area contributed by atoms with E-state index in [1.54, 1.807) is 4.90 Å². The largest absolute Gasteiger partial charge is 0.481 e. The van der Waals surface area contributed by atoms with E-state index in [-0.39, 0.29) is 12.3 Å². The number of unbranched alkanes of at least 4 members (excludes halogenated alkanes) is 1. The Bertz CT molecular complexity index is 266. The number of likely N-dealkylation sites (tertiary alicyclic amines) is 1. The maximum Gasteiger partial charge on any atom is 0.308 e. The number of rotatable bonds is 6. The second kappa shape index (κ2) is 5.84. The number of carboxylic acids is 1. The lowest BCUT2D eigenvalue weighted by atomic mass is 10.1. The van der Waals surface area contributed by atoms with Gasteiger partial charge in [0.15, 0.2) is 0 Å². The van der Waals surface area contributed by atoms with Gasteiger partial charge < -0.3 is 14.9 Å². The van der Waals surface area contributed by atoms with Gasteiger partial charge in [-0.1, -0.05) is 0 Å². The number of hydrogen-bond donors (Lipinski definition) is 1. The topological polar surface area (TPSA) is 60.9 Å². The average molecular weight is 228 g/mol. The van der Waals surface area contributed by atoms with Crippen LogP contribution in [0.1, 0.15) is 19.3 Å². The lowest BCUT2D eigenvalue weighted by Crippen LogP contribution is -2.28. The van der Waals surface area contributed by atoms with Crippen LogP contribution in [-0.4, -0.2) is 60.5 Å². The highest BCUT2D eigenvalue weighted by molar-refractivity contribution is 5.86. The second-order valence-electron chi connectivity index (χ2n) is 4.59. The predicted octanol–water partition coefficient (Wildman–Crippen LogP) is 0.261. The Balaban J connectivity index is 2.23. The molecular weight excluding hydrogens is 208 g/mol. The predicted molar refractivity (Wildman–Crippen MR) is 60.1 cm³/mol. The van der Waals surface area contributed by atoms with Crippen LogP contribution in [0.25, 0.3) is 0 Å². The molecule has 0 radical (unpaired) electrons. The first-order chi connectivity index (χ1) is 7.50. The summed E-state index contributed by atoms with van der Waals surface area (Å²) in [5, 5.41) is 8.81. The van der Waals surface area contributed by atoms with Gasteiger partial charge in [0.2, 0.25) is 5.91 Å². The molecule has 0 aliphatic carbocycles. The van der Waals surface area contributed by atoms with Gasteiger partial charge in [-0.25, -0.2) is 0 Å². The molecule has 1 fully saturated rings. The van der Waals surface area contributed by atoms with Crippen LogP contribution >= 0.6 is 0 Å². The first-order valence-electron chi connectivity index (χ1n) is 5.66. The molecule has 5 nitrogen and oxygen atoms in total. The molecule has 1 heterocycles. The molecule has 0 aromatic rings. The maximum absolute atomic E-state index is 11.5. The summed E-state index contributed by atoms with van der Waals surface area (Å²) in [6.07, 6.45) is 2.15. The number of amides is 1. The fraction of sp³-hybridized carbons (Fsp3) is 0.818. The van der Waals surface area contributed by atoms with Gasteiger partial charge in [0.05, 0.1) is 5.92 Å². The monoisotopic (exact) mass is 228 g/mol. The minimum Gasteiger partial charge on any atom is -0.481 e. The normalized spacial score (nSPS) is 20.8. The van der Waals surface area contributed by atoms with Crippen molar-refractivity contribution in [2.75, 3.05) is 33.7 Å². The van der Waals surface area contributed by atoms with Crippen molar-refractivity contribution in [3.8, 4) is 0 Å². The third-order valence-corrected chi connectivity index (χ3v) is 2.85. The number of nitrogens with zero attached hydrogens (tertiary/aromatic N) is 2. The van der Waals surface area contributed by atoms with Crippen molar-refractivity contribution in [2.45, 2.75) is 19.3 Å². The maximum atomic E-state index is 11.5. The lowest BCUT2D eigenvalue weighted by Gasteiger charge is -2.16. The van der Waals surface area contributed by atoms with Crippen molar-refractivity contribution in [3.05, 3.63) is 0 Å². The number of hydrogen-bond acceptors (Lipinski definition) is 3. The number of carboxylic acid groups (broad SMARTS) is 1. The minimum absolute atomic E-state index is 0.0164. The smallest absolute Gasteiger partial charge is 0.308 e. The van der Waals surface area contributed by atoms with Gasteiger partial charge in [0, 0.05) is 19.5 Å². The molecule has 16 heavy (non-hydrogen) atoms. The Morgan fingerprint density at radius 3 is 2.69 bits per heavy atom. The molecule has 0 aromatic heterocycles. The van der Waals surface area contributed by atoms with Crippen LogP contribution in [0.5, 0.6) is 0 Å². The molecule has 0 aromatic carbocycles. The third-order valence-electron chi connectivity index (χ3n) is 2.85. The van der Waals surface area contributed by atoms with E-state index in [1.165, 1.54) is 0 Å². The van der Waals surface area contributed by atoms with Crippen molar-refractivity contribution < 1.29 is 14.7 Å². The third kappa shape index (κ3) is 3.81. The Morgan fingerprint density at radius 2 is 2.19 bits per heavy atom. The highest BCUT2D eigenvalue weighted by atomic mass is 16.4. The van der Waals surface area contributed by atoms with Gasteiger partial charge in [0.25, 0.3) is 0 Å². The van der Waals surface area contributed by atoms with Gasteiger partial charge in [-0.15, -0.1) is 0 Å². The van der Waals surface area contributed by atoms with Crippen molar-refractivity contribution in [2.24, 2.45) is 5.92 Å². The number of carbonyl (C=O) groups excluding carboxylic acids is 1. The molecule has 92 valence electrons. The van der Waals surface area contributed by atoms with Gasteiger partial charge in [-0.2, -0.15) is 0 Å². The molecular formula is C11H20N2O3. The molecule has 1 saturated heterocycles. The second-order valence-corrected chi connectivity index (χ2v) is 4.59. The van der Waals surface area contributed by atoms with Crippen molar-refractivity contribution in [3.63, 3.8) is 0 Å². The molecule has 1 rings (SSSR count). The molecule has 1 aliphatic rings. The summed E-state index contributed by atoms with van der Waals surface area (Å²) < 4.78 is 0. The molecule has 1 atom stereocenters. The quantitative estimate of drug-likeness (QED) is 0.662. The lowest BCUT2D eigenvalue weighted by molar-refractivity contribution is -0.141. The summed E-state index contributed by atoms with van der Waals surface area (Å²) in [5.74, 6) is -1.37. The van der Waals surface area contributed by atoms with Crippen LogP contribution < -0.4 is 0 Å². The summed E-state index contributed by atoms with van der Waals surface area (Å²) in [6.45, 7) is 2.08. The van der Waals surface area contributed by atoms with Gasteiger partial charge in [-0.3, -0.25) is 9.59 Å². The highest BCUT2D eigenvalue weighted by Crippen LogP contribution is 2.18. The molecule has 1 aliphatic heterocycles. The molecule has 0 saturated carbocycles. The van der Waals surface area contributed by atoms with Crippen molar-refractivity contribution in [1.82, 2.24) is 9.80 Å². The summed E-state index contributed by atoms with van der Waals surface area (Å²) in [4.78, 5) is 26.0. The molecule has 1 N–H and O–H groups in total. The van der Waals surface area contributed by atoms with E-state index in [4.69, 9.17) is 5.11 Å². The highest BCUT2D eigenvalue weighted by Gasteiger charge is 2.33. The van der Waals surface area contributed by atoms with Crippen LogP contribution in [-0.2, 0) is 9.59 Å². The van der Waals surface area contributed by atoms with Crippen LogP contribution in [0.4, 0.5) is 0 Å². The average Bonchev–Trinajstić information content (AvgIpc) is 2.55. The minimum atomic E-state index is -0.857. The van der Waals surface area contributed by atoms with E-state index in [0.717, 1.165) is 19.4 Å². The Kier molecular flexibility index (Phi) is 4.73. The van der Waals surface area contributed by atoms with E-state index < -0.39 is 11.9 Å². The van der Waals surface area contributed by atoms with E-state index >= 15 is 0 Å². The van der Waals surface area contributed by atoms with Crippen molar-refractivity contribution >= 4 is 11.9 Å². The summed E-state index contributed by atoms with van der Waals surface area (Å²) in [7, 11) is 4.03. The van der Waals surface area contributed by atoms with E-state index in [9.17, 15) is 9.59 Å². The first kappa shape index (κ1) is 13.0. The van der Waals surface area contributed by atoms with Gasteiger partial charge in [-0.05, 0) is 33.5 Å². The summed E-state index contributed by atoms with van der Waals surface area (Å²) >= 11 is 0. The summed E-state index contributed by atoms with van der Waals surface area (Å²) in [6, 6.07) is 0. The van der Waals surface area contributed by atoms with Crippen LogP contribution in [0.2, 0.25) is 0 Å². The molecule has 1 unspecified atom stereocenters. The zero-order chi connectivity index (χ0) is 12.1. The van der Waals surface area contributed by atoms with E-state index in [2.05, 4.69) is 4.90 Å². The van der Waals surface area contributed by atoms with E-state index in [0.29, 0.717) is 13.1 Å². The van der Waals surface area contributed by atoms with Gasteiger partial charge in [0.1, 0.15) is 0 Å². The van der Waals surface area contributed by atoms with Crippen LogP contribution in [0, 0.1) is 5.92 Å². The zero-order valence-corrected chi connectivity index (χ0v) is 9.98. The number of aliphatic carboxylic acids is 1. The van der Waals surface area contributed by atoms with Crippen LogP contribution in [0.3, 0.4) is 0 Å². The molecule has 1 amide bonds. The van der Waals surface area contributed by atoms with Crippen LogP contribution in [0.15, 0.2) is 0 Å².